The molecule has 1 aliphatic rings. The molecule has 5 heteroatoms. The van der Waals surface area contributed by atoms with E-state index in [2.05, 4.69) is 23.2 Å². The molecule has 26 heavy (non-hydrogen) atoms. The van der Waals surface area contributed by atoms with E-state index in [-0.39, 0.29) is 11.8 Å². The van der Waals surface area contributed by atoms with Gasteiger partial charge in [0.05, 0.1) is 0 Å². The number of urea groups is 1. The predicted molar refractivity (Wildman–Crippen MR) is 103 cm³/mol. The number of hydrogen-bond donors (Lipinski definition) is 1. The summed E-state index contributed by atoms with van der Waals surface area (Å²) in [5.74, 6) is -0.210. The van der Waals surface area contributed by atoms with Crippen molar-refractivity contribution in [2.45, 2.75) is 26.8 Å². The molecule has 4 nitrogen and oxygen atoms in total. The van der Waals surface area contributed by atoms with Crippen molar-refractivity contribution in [1.29, 1.82) is 0 Å². The van der Waals surface area contributed by atoms with Crippen LogP contribution in [0, 0.1) is 12.7 Å². The van der Waals surface area contributed by atoms with E-state index >= 15 is 0 Å². The van der Waals surface area contributed by atoms with E-state index in [9.17, 15) is 9.18 Å². The number of benzene rings is 2. The minimum absolute atomic E-state index is 0.0320. The molecule has 0 saturated carbocycles. The van der Waals surface area contributed by atoms with Gasteiger partial charge in [-0.25, -0.2) is 9.18 Å². The molecule has 0 spiro atoms. The van der Waals surface area contributed by atoms with Crippen LogP contribution >= 0.6 is 0 Å². The number of anilines is 1. The number of nitrogens with one attached hydrogen (secondary N) is 1. The van der Waals surface area contributed by atoms with E-state index < -0.39 is 0 Å². The van der Waals surface area contributed by atoms with Gasteiger partial charge in [-0.1, -0.05) is 37.3 Å². The Balaban J connectivity index is 1.55. The van der Waals surface area contributed by atoms with Crippen molar-refractivity contribution >= 4 is 11.7 Å². The third-order valence-electron chi connectivity index (χ3n) is 4.95. The normalized spacial score (nSPS) is 15.1. The summed E-state index contributed by atoms with van der Waals surface area (Å²) < 4.78 is 13.0. The maximum Gasteiger partial charge on any atom is 0.321 e. The molecule has 1 saturated heterocycles. The van der Waals surface area contributed by atoms with Crippen molar-refractivity contribution in [2.24, 2.45) is 0 Å². The highest BCUT2D eigenvalue weighted by molar-refractivity contribution is 5.91. The highest BCUT2D eigenvalue weighted by Crippen LogP contribution is 2.22. The van der Waals surface area contributed by atoms with Gasteiger partial charge in [0.15, 0.2) is 0 Å². The van der Waals surface area contributed by atoms with Gasteiger partial charge in [-0.15, -0.1) is 0 Å². The summed E-state index contributed by atoms with van der Waals surface area (Å²) in [6, 6.07) is 12.7. The molecule has 1 N–H and O–H groups in total. The lowest BCUT2D eigenvalue weighted by atomic mass is 10.1. The molecule has 1 heterocycles. The Labute approximate surface area is 154 Å². The van der Waals surface area contributed by atoms with Crippen LogP contribution in [0.15, 0.2) is 42.5 Å². The second-order valence-electron chi connectivity index (χ2n) is 6.78. The SMILES string of the molecule is CCc1cccc(C)c1NC(=O)N1CCN(Cc2ccc(F)cc2)CC1. The molecule has 1 aliphatic heterocycles. The zero-order valence-electron chi connectivity index (χ0n) is 15.5. The molecular weight excluding hydrogens is 329 g/mol. The summed E-state index contributed by atoms with van der Waals surface area (Å²) in [4.78, 5) is 16.8. The maximum absolute atomic E-state index is 13.0. The topological polar surface area (TPSA) is 35.6 Å². The monoisotopic (exact) mass is 355 g/mol. The van der Waals surface area contributed by atoms with Gasteiger partial charge < -0.3 is 10.2 Å². The fourth-order valence-corrected chi connectivity index (χ4v) is 3.35. The second-order valence-corrected chi connectivity index (χ2v) is 6.78. The van der Waals surface area contributed by atoms with Crippen LogP contribution in [-0.2, 0) is 13.0 Å². The summed E-state index contributed by atoms with van der Waals surface area (Å²) in [6.45, 7) is 7.93. The summed E-state index contributed by atoms with van der Waals surface area (Å²) in [7, 11) is 0. The maximum atomic E-state index is 13.0. The number of amides is 2. The summed E-state index contributed by atoms with van der Waals surface area (Å²) in [5, 5.41) is 3.10. The first-order chi connectivity index (χ1) is 12.6. The van der Waals surface area contributed by atoms with Gasteiger partial charge in [0.1, 0.15) is 5.82 Å². The van der Waals surface area contributed by atoms with Gasteiger partial charge in [-0.3, -0.25) is 4.90 Å². The molecule has 0 bridgehead atoms. The Morgan fingerprint density at radius 1 is 1.08 bits per heavy atom. The third kappa shape index (κ3) is 4.41. The van der Waals surface area contributed by atoms with E-state index in [0.717, 1.165) is 48.4 Å². The molecule has 1 fully saturated rings. The van der Waals surface area contributed by atoms with Crippen molar-refractivity contribution in [3.05, 3.63) is 65.0 Å². The highest BCUT2D eigenvalue weighted by Gasteiger charge is 2.22. The van der Waals surface area contributed by atoms with Crippen LogP contribution in [0.4, 0.5) is 14.9 Å². The number of piperazine rings is 1. The molecule has 3 rings (SSSR count). The minimum Gasteiger partial charge on any atom is -0.322 e. The summed E-state index contributed by atoms with van der Waals surface area (Å²) in [5.41, 5.74) is 4.28. The molecular formula is C21H26FN3O. The van der Waals surface area contributed by atoms with Crippen molar-refractivity contribution in [3.63, 3.8) is 0 Å². The highest BCUT2D eigenvalue weighted by atomic mass is 19.1. The van der Waals surface area contributed by atoms with E-state index in [1.54, 1.807) is 0 Å². The zero-order valence-corrected chi connectivity index (χ0v) is 15.5. The Morgan fingerprint density at radius 2 is 1.77 bits per heavy atom. The zero-order chi connectivity index (χ0) is 18.5. The van der Waals surface area contributed by atoms with Crippen LogP contribution in [-0.4, -0.2) is 42.0 Å². The number of rotatable bonds is 4. The Kier molecular flexibility index (Phi) is 5.89. The van der Waals surface area contributed by atoms with Crippen molar-refractivity contribution in [1.82, 2.24) is 9.80 Å². The second kappa shape index (κ2) is 8.32. The fraction of sp³-hybridized carbons (Fsp3) is 0.381. The van der Waals surface area contributed by atoms with Crippen molar-refractivity contribution in [2.75, 3.05) is 31.5 Å². The quantitative estimate of drug-likeness (QED) is 0.898. The van der Waals surface area contributed by atoms with Crippen LogP contribution in [0.2, 0.25) is 0 Å². The number of para-hydroxylation sites is 1. The van der Waals surface area contributed by atoms with Gasteiger partial charge in [0.25, 0.3) is 0 Å². The predicted octanol–water partition coefficient (Wildman–Crippen LogP) is 4.05. The fourth-order valence-electron chi connectivity index (χ4n) is 3.35. The van der Waals surface area contributed by atoms with E-state index in [0.29, 0.717) is 13.1 Å². The average Bonchev–Trinajstić information content (AvgIpc) is 2.65. The minimum atomic E-state index is -0.210. The van der Waals surface area contributed by atoms with E-state index in [1.807, 2.05) is 36.1 Å². The lowest BCUT2D eigenvalue weighted by molar-refractivity contribution is 0.143. The average molecular weight is 355 g/mol. The number of hydrogen-bond acceptors (Lipinski definition) is 2. The van der Waals surface area contributed by atoms with Gasteiger partial charge in [0, 0.05) is 38.4 Å². The van der Waals surface area contributed by atoms with Crippen molar-refractivity contribution in [3.8, 4) is 0 Å². The van der Waals surface area contributed by atoms with Crippen LogP contribution in [0.25, 0.3) is 0 Å². The van der Waals surface area contributed by atoms with Gasteiger partial charge in [-0.05, 0) is 42.2 Å². The molecule has 138 valence electrons. The molecule has 2 aromatic carbocycles. The lowest BCUT2D eigenvalue weighted by Gasteiger charge is -2.35. The smallest absolute Gasteiger partial charge is 0.321 e. The Hall–Kier alpha value is -2.40. The molecule has 0 radical (unpaired) electrons. The largest absolute Gasteiger partial charge is 0.322 e. The van der Waals surface area contributed by atoms with Gasteiger partial charge in [-0.2, -0.15) is 0 Å². The lowest BCUT2D eigenvalue weighted by Crippen LogP contribution is -2.49. The molecule has 0 atom stereocenters. The standard InChI is InChI=1S/C21H26FN3O/c1-3-18-6-4-5-16(2)20(18)23-21(26)25-13-11-24(12-14-25)15-17-7-9-19(22)10-8-17/h4-10H,3,11-15H2,1-2H3,(H,23,26). The van der Waals surface area contributed by atoms with Crippen LogP contribution in [0.1, 0.15) is 23.6 Å². The third-order valence-corrected chi connectivity index (χ3v) is 4.95. The van der Waals surface area contributed by atoms with E-state index in [1.165, 1.54) is 12.1 Å². The van der Waals surface area contributed by atoms with E-state index in [4.69, 9.17) is 0 Å². The summed E-state index contributed by atoms with van der Waals surface area (Å²) >= 11 is 0. The number of carbonyl (C=O) groups excluding carboxylic acids is 1. The Bertz CT molecular complexity index is 752. The van der Waals surface area contributed by atoms with Crippen LogP contribution in [0.3, 0.4) is 0 Å². The van der Waals surface area contributed by atoms with Gasteiger partial charge >= 0.3 is 6.03 Å². The first-order valence-corrected chi connectivity index (χ1v) is 9.18. The number of nitrogens with zero attached hydrogens (tertiary/aromatic N) is 2. The van der Waals surface area contributed by atoms with Crippen molar-refractivity contribution < 1.29 is 9.18 Å². The van der Waals surface area contributed by atoms with Crippen LogP contribution < -0.4 is 5.32 Å². The molecule has 0 aliphatic carbocycles. The Morgan fingerprint density at radius 3 is 2.42 bits per heavy atom. The molecule has 0 aromatic heterocycles. The van der Waals surface area contributed by atoms with Gasteiger partial charge in [0.2, 0.25) is 0 Å². The number of halogens is 1. The number of carbonyl (C=O) groups is 1. The molecule has 2 amide bonds. The number of aryl methyl sites for hydroxylation is 2. The first-order valence-electron chi connectivity index (χ1n) is 9.18. The van der Waals surface area contributed by atoms with Crippen LogP contribution in [0.5, 0.6) is 0 Å². The first kappa shape index (κ1) is 18.4. The molecule has 0 unspecified atom stereocenters. The summed E-state index contributed by atoms with van der Waals surface area (Å²) in [6.07, 6.45) is 0.892. The molecule has 2 aromatic rings.